The van der Waals surface area contributed by atoms with E-state index in [1.165, 1.54) is 33.3 Å². The van der Waals surface area contributed by atoms with Gasteiger partial charge >= 0.3 is 0 Å². The van der Waals surface area contributed by atoms with Crippen LogP contribution in [0.1, 0.15) is 11.4 Å². The summed E-state index contributed by atoms with van der Waals surface area (Å²) in [6.07, 6.45) is 0. The highest BCUT2D eigenvalue weighted by Crippen LogP contribution is 2.25. The number of hydrogen-bond donors (Lipinski definition) is 2. The number of nitrogen functional groups attached to an aromatic ring is 1. The smallest absolute Gasteiger partial charge is 0.236 e. The molecule has 0 saturated heterocycles. The normalized spacial score (nSPS) is 10.8. The number of benzene rings is 1. The maximum atomic E-state index is 12.0. The van der Waals surface area contributed by atoms with Gasteiger partial charge in [-0.3, -0.25) is 4.79 Å². The molecule has 0 bridgehead atoms. The topological polar surface area (TPSA) is 98.7 Å². The number of nitrogens with one attached hydrogen (secondary N) is 1. The molecular weight excluding hydrogens is 344 g/mol. The second kappa shape index (κ2) is 7.02. The Hall–Kier alpha value is -2.39. The van der Waals surface area contributed by atoms with E-state index in [4.69, 9.17) is 5.84 Å². The molecule has 0 unspecified atom stereocenters. The van der Waals surface area contributed by atoms with Crippen molar-refractivity contribution in [3.05, 3.63) is 41.0 Å². The lowest BCUT2D eigenvalue weighted by molar-refractivity contribution is -0.113. The number of thiazole rings is 1. The van der Waals surface area contributed by atoms with Gasteiger partial charge in [-0.15, -0.1) is 21.5 Å². The molecule has 24 heavy (non-hydrogen) atoms. The van der Waals surface area contributed by atoms with Gasteiger partial charge in [0.05, 0.1) is 11.4 Å². The number of anilines is 1. The number of aromatic nitrogens is 4. The molecule has 0 fully saturated rings. The maximum absolute atomic E-state index is 12.0. The van der Waals surface area contributed by atoms with Crippen LogP contribution < -0.4 is 11.2 Å². The van der Waals surface area contributed by atoms with Crippen LogP contribution in [0.25, 0.3) is 11.3 Å². The quantitative estimate of drug-likeness (QED) is 0.536. The van der Waals surface area contributed by atoms with Crippen molar-refractivity contribution in [2.45, 2.75) is 19.0 Å². The van der Waals surface area contributed by atoms with Crippen LogP contribution in [0.3, 0.4) is 0 Å². The van der Waals surface area contributed by atoms with Crippen LogP contribution >= 0.6 is 23.1 Å². The zero-order chi connectivity index (χ0) is 17.1. The number of amides is 1. The fourth-order valence-electron chi connectivity index (χ4n) is 1.92. The minimum atomic E-state index is -0.162. The van der Waals surface area contributed by atoms with Gasteiger partial charge in [0.25, 0.3) is 0 Å². The molecule has 1 aromatic carbocycles. The van der Waals surface area contributed by atoms with Gasteiger partial charge in [0.15, 0.2) is 5.13 Å². The van der Waals surface area contributed by atoms with Crippen molar-refractivity contribution in [2.24, 2.45) is 0 Å². The second-order valence-corrected chi connectivity index (χ2v) is 6.94. The van der Waals surface area contributed by atoms with Crippen LogP contribution in [0.5, 0.6) is 0 Å². The molecule has 2 heterocycles. The Morgan fingerprint density at radius 2 is 2.04 bits per heavy atom. The van der Waals surface area contributed by atoms with Gasteiger partial charge in [-0.1, -0.05) is 41.6 Å². The fourth-order valence-corrected chi connectivity index (χ4v) is 3.36. The summed E-state index contributed by atoms with van der Waals surface area (Å²) in [4.78, 5) is 16.5. The fraction of sp³-hybridized carbons (Fsp3) is 0.200. The van der Waals surface area contributed by atoms with Gasteiger partial charge in [0.1, 0.15) is 5.82 Å². The van der Waals surface area contributed by atoms with E-state index in [2.05, 4.69) is 20.5 Å². The zero-order valence-electron chi connectivity index (χ0n) is 13.2. The zero-order valence-corrected chi connectivity index (χ0v) is 14.8. The summed E-state index contributed by atoms with van der Waals surface area (Å²) in [5, 5.41) is 13.5. The van der Waals surface area contributed by atoms with Crippen LogP contribution in [-0.4, -0.2) is 31.5 Å². The van der Waals surface area contributed by atoms with Crippen molar-refractivity contribution in [2.75, 3.05) is 16.9 Å². The van der Waals surface area contributed by atoms with Crippen LogP contribution in [0.2, 0.25) is 0 Å². The van der Waals surface area contributed by atoms with E-state index in [0.717, 1.165) is 11.3 Å². The monoisotopic (exact) mass is 360 g/mol. The highest BCUT2D eigenvalue weighted by Gasteiger charge is 2.12. The van der Waals surface area contributed by atoms with Gasteiger partial charge in [0, 0.05) is 10.9 Å². The highest BCUT2D eigenvalue weighted by atomic mass is 32.2. The van der Waals surface area contributed by atoms with Crippen molar-refractivity contribution in [3.63, 3.8) is 0 Å². The van der Waals surface area contributed by atoms with Gasteiger partial charge in [-0.05, 0) is 13.8 Å². The van der Waals surface area contributed by atoms with Gasteiger partial charge in [-0.25, -0.2) is 9.66 Å². The largest absolute Gasteiger partial charge is 0.336 e. The number of rotatable bonds is 5. The lowest BCUT2D eigenvalue weighted by Crippen LogP contribution is -2.16. The summed E-state index contributed by atoms with van der Waals surface area (Å²) >= 11 is 2.62. The Kier molecular flexibility index (Phi) is 4.81. The number of nitrogens with zero attached hydrogens (tertiary/aromatic N) is 4. The third-order valence-corrected chi connectivity index (χ3v) is 4.97. The summed E-state index contributed by atoms with van der Waals surface area (Å²) < 4.78 is 1.36. The van der Waals surface area contributed by atoms with E-state index in [1.807, 2.05) is 36.6 Å². The predicted octanol–water partition coefficient (Wildman–Crippen LogP) is 2.46. The molecule has 3 rings (SSSR count). The minimum Gasteiger partial charge on any atom is -0.336 e. The van der Waals surface area contributed by atoms with Crippen LogP contribution in [0.15, 0.2) is 34.8 Å². The number of hydrogen-bond acceptors (Lipinski definition) is 7. The van der Waals surface area contributed by atoms with Crippen LogP contribution in [-0.2, 0) is 4.79 Å². The molecule has 0 atom stereocenters. The van der Waals surface area contributed by atoms with E-state index in [1.54, 1.807) is 6.92 Å². The van der Waals surface area contributed by atoms with Crippen LogP contribution in [0, 0.1) is 13.8 Å². The van der Waals surface area contributed by atoms with E-state index in [0.29, 0.717) is 16.1 Å². The molecule has 0 aliphatic heterocycles. The molecule has 3 aromatic rings. The van der Waals surface area contributed by atoms with Crippen molar-refractivity contribution < 1.29 is 4.79 Å². The molecule has 0 aliphatic carbocycles. The molecule has 124 valence electrons. The molecule has 0 spiro atoms. The summed E-state index contributed by atoms with van der Waals surface area (Å²) in [6.45, 7) is 3.79. The van der Waals surface area contributed by atoms with E-state index >= 15 is 0 Å². The van der Waals surface area contributed by atoms with Gasteiger partial charge in [-0.2, -0.15) is 0 Å². The molecule has 2 aromatic heterocycles. The Balaban J connectivity index is 1.59. The lowest BCUT2D eigenvalue weighted by Gasteiger charge is -2.02. The standard InChI is InChI=1S/C15H16N6OS2/c1-9-3-5-11(6-4-9)12-7-23-14(17-12)18-13(22)8-24-15-20-19-10(2)21(15)16/h3-7H,8,16H2,1-2H3,(H,17,18,22). The average Bonchev–Trinajstić information content (AvgIpc) is 3.15. The van der Waals surface area contributed by atoms with Crippen molar-refractivity contribution in [1.82, 2.24) is 19.9 Å². The number of carbonyl (C=O) groups excluding carboxylic acids is 1. The van der Waals surface area contributed by atoms with Gasteiger partial charge in [0.2, 0.25) is 11.1 Å². The Bertz CT molecular complexity index is 855. The van der Waals surface area contributed by atoms with Crippen molar-refractivity contribution in [1.29, 1.82) is 0 Å². The third-order valence-electron chi connectivity index (χ3n) is 3.27. The number of thioether (sulfide) groups is 1. The van der Waals surface area contributed by atoms with Crippen LogP contribution in [0.4, 0.5) is 5.13 Å². The Morgan fingerprint density at radius 1 is 1.29 bits per heavy atom. The first kappa shape index (κ1) is 16.5. The highest BCUT2D eigenvalue weighted by molar-refractivity contribution is 7.99. The van der Waals surface area contributed by atoms with E-state index in [9.17, 15) is 4.79 Å². The van der Waals surface area contributed by atoms with E-state index < -0.39 is 0 Å². The molecule has 9 heteroatoms. The third kappa shape index (κ3) is 3.74. The molecule has 0 saturated carbocycles. The van der Waals surface area contributed by atoms with Crippen molar-refractivity contribution >= 4 is 34.1 Å². The second-order valence-electron chi connectivity index (χ2n) is 5.14. The first-order valence-corrected chi connectivity index (χ1v) is 9.02. The molecule has 0 radical (unpaired) electrons. The molecule has 1 amide bonds. The van der Waals surface area contributed by atoms with Crippen molar-refractivity contribution in [3.8, 4) is 11.3 Å². The predicted molar refractivity (Wildman–Crippen MR) is 96.6 cm³/mol. The Morgan fingerprint density at radius 3 is 2.71 bits per heavy atom. The SMILES string of the molecule is Cc1ccc(-c2csc(NC(=O)CSc3nnc(C)n3N)n2)cc1. The average molecular weight is 360 g/mol. The summed E-state index contributed by atoms with van der Waals surface area (Å²) in [6, 6.07) is 8.10. The summed E-state index contributed by atoms with van der Waals surface area (Å²) in [5.41, 5.74) is 3.07. The molecule has 7 nitrogen and oxygen atoms in total. The van der Waals surface area contributed by atoms with Gasteiger partial charge < -0.3 is 11.2 Å². The Labute approximate surface area is 147 Å². The lowest BCUT2D eigenvalue weighted by atomic mass is 10.1. The number of nitrogens with two attached hydrogens (primary N) is 1. The molecule has 3 N–H and O–H groups in total. The maximum Gasteiger partial charge on any atom is 0.236 e. The molecular formula is C15H16N6OS2. The first-order valence-electron chi connectivity index (χ1n) is 7.15. The minimum absolute atomic E-state index is 0.162. The number of carbonyl (C=O) groups is 1. The first-order chi connectivity index (χ1) is 11.5. The number of aryl methyl sites for hydroxylation is 2. The summed E-state index contributed by atoms with van der Waals surface area (Å²) in [5.74, 6) is 6.37. The molecule has 0 aliphatic rings. The summed E-state index contributed by atoms with van der Waals surface area (Å²) in [7, 11) is 0. The van der Waals surface area contributed by atoms with E-state index in [-0.39, 0.29) is 11.7 Å².